The molecule has 0 bridgehead atoms. The number of nitrogens with zero attached hydrogens (tertiary/aromatic N) is 2. The zero-order valence-corrected chi connectivity index (χ0v) is 15.8. The highest BCUT2D eigenvalue weighted by molar-refractivity contribution is 5.87. The number of para-hydroxylation sites is 1. The highest BCUT2D eigenvalue weighted by Crippen LogP contribution is 2.27. The second kappa shape index (κ2) is 8.84. The van der Waals surface area contributed by atoms with Crippen molar-refractivity contribution < 1.29 is 4.79 Å². The van der Waals surface area contributed by atoms with Gasteiger partial charge in [-0.05, 0) is 49.4 Å². The molecule has 136 valence electrons. The number of nitrogens with one attached hydrogen (secondary N) is 1. The first-order chi connectivity index (χ1) is 11.3. The fourth-order valence-electron chi connectivity index (χ4n) is 4.05. The second-order valence-corrected chi connectivity index (χ2v) is 6.81. The summed E-state index contributed by atoms with van der Waals surface area (Å²) in [5.41, 5.74) is 2.00. The van der Waals surface area contributed by atoms with Crippen molar-refractivity contribution in [2.45, 2.75) is 19.3 Å². The van der Waals surface area contributed by atoms with Crippen LogP contribution in [0.5, 0.6) is 0 Å². The van der Waals surface area contributed by atoms with Crippen molar-refractivity contribution in [2.75, 3.05) is 26.2 Å². The Kier molecular flexibility index (Phi) is 7.05. The molecule has 1 N–H and O–H groups in total. The summed E-state index contributed by atoms with van der Waals surface area (Å²) in [6.07, 6.45) is 4.53. The summed E-state index contributed by atoms with van der Waals surface area (Å²) in [5.74, 6) is 1.76. The van der Waals surface area contributed by atoms with Crippen LogP contribution in [0.2, 0.25) is 0 Å². The van der Waals surface area contributed by atoms with Gasteiger partial charge < -0.3 is 10.2 Å². The van der Waals surface area contributed by atoms with Gasteiger partial charge in [-0.1, -0.05) is 24.3 Å². The van der Waals surface area contributed by atoms with Crippen LogP contribution in [0.25, 0.3) is 10.9 Å². The van der Waals surface area contributed by atoms with Crippen molar-refractivity contribution in [3.8, 4) is 0 Å². The summed E-state index contributed by atoms with van der Waals surface area (Å²) < 4.78 is 0. The molecule has 0 saturated carbocycles. The summed E-state index contributed by atoms with van der Waals surface area (Å²) in [4.78, 5) is 19.3. The minimum Gasteiger partial charge on any atom is -0.342 e. The lowest BCUT2D eigenvalue weighted by atomic mass is 9.92. The fourth-order valence-corrected chi connectivity index (χ4v) is 4.05. The number of rotatable bonds is 2. The molecule has 2 atom stereocenters. The molecule has 2 fully saturated rings. The van der Waals surface area contributed by atoms with E-state index in [0.717, 1.165) is 67.3 Å². The van der Waals surface area contributed by atoms with E-state index in [9.17, 15) is 4.79 Å². The molecule has 0 radical (unpaired) electrons. The fraction of sp³-hybridized carbons (Fsp3) is 0.474. The van der Waals surface area contributed by atoms with E-state index < -0.39 is 0 Å². The number of pyridine rings is 1. The van der Waals surface area contributed by atoms with Crippen LogP contribution in [0, 0.1) is 11.8 Å². The van der Waals surface area contributed by atoms with Crippen LogP contribution < -0.4 is 5.32 Å². The molecule has 2 aromatic rings. The maximum Gasteiger partial charge on any atom is 0.227 e. The molecule has 1 aromatic carbocycles. The number of hydrogen-bond donors (Lipinski definition) is 1. The predicted molar refractivity (Wildman–Crippen MR) is 106 cm³/mol. The minimum atomic E-state index is 0. The Morgan fingerprint density at radius 1 is 1.08 bits per heavy atom. The van der Waals surface area contributed by atoms with Crippen molar-refractivity contribution in [1.29, 1.82) is 0 Å². The Bertz CT molecular complexity index is 705. The number of amides is 1. The lowest BCUT2D eigenvalue weighted by Gasteiger charge is -2.21. The number of halogens is 2. The third-order valence-electron chi connectivity index (χ3n) is 5.43. The molecule has 25 heavy (non-hydrogen) atoms. The van der Waals surface area contributed by atoms with Crippen LogP contribution in [-0.4, -0.2) is 42.0 Å². The Labute approximate surface area is 161 Å². The molecule has 2 aliphatic heterocycles. The van der Waals surface area contributed by atoms with Crippen molar-refractivity contribution in [1.82, 2.24) is 15.2 Å². The van der Waals surface area contributed by atoms with Crippen LogP contribution in [-0.2, 0) is 11.2 Å². The quantitative estimate of drug-likeness (QED) is 0.868. The zero-order chi connectivity index (χ0) is 15.6. The number of aromatic nitrogens is 1. The van der Waals surface area contributed by atoms with E-state index in [1.54, 1.807) is 6.20 Å². The largest absolute Gasteiger partial charge is 0.342 e. The third kappa shape index (κ3) is 4.25. The first-order valence-corrected chi connectivity index (χ1v) is 8.62. The van der Waals surface area contributed by atoms with E-state index >= 15 is 0 Å². The Hall–Kier alpha value is -1.36. The molecule has 2 saturated heterocycles. The molecule has 0 aliphatic carbocycles. The molecule has 4 rings (SSSR count). The Balaban J connectivity index is 0.00000113. The van der Waals surface area contributed by atoms with E-state index in [0.29, 0.717) is 6.42 Å². The number of carbonyl (C=O) groups is 1. The van der Waals surface area contributed by atoms with Gasteiger partial charge in [0.05, 0.1) is 11.9 Å². The van der Waals surface area contributed by atoms with Crippen LogP contribution in [0.1, 0.15) is 18.4 Å². The van der Waals surface area contributed by atoms with Crippen molar-refractivity contribution in [3.63, 3.8) is 0 Å². The van der Waals surface area contributed by atoms with Gasteiger partial charge in [0.25, 0.3) is 0 Å². The van der Waals surface area contributed by atoms with Crippen LogP contribution in [0.3, 0.4) is 0 Å². The number of fused-ring (bicyclic) bond motifs is 2. The van der Waals surface area contributed by atoms with Crippen LogP contribution in [0.15, 0.2) is 36.5 Å². The third-order valence-corrected chi connectivity index (χ3v) is 5.43. The summed E-state index contributed by atoms with van der Waals surface area (Å²) in [7, 11) is 0. The molecule has 2 aliphatic rings. The number of benzene rings is 1. The molecule has 3 heterocycles. The monoisotopic (exact) mass is 381 g/mol. The smallest absolute Gasteiger partial charge is 0.227 e. The van der Waals surface area contributed by atoms with Gasteiger partial charge in [-0.25, -0.2) is 0 Å². The average molecular weight is 382 g/mol. The van der Waals surface area contributed by atoms with Gasteiger partial charge in [-0.15, -0.1) is 24.8 Å². The van der Waals surface area contributed by atoms with Gasteiger partial charge in [0.15, 0.2) is 0 Å². The Morgan fingerprint density at radius 3 is 2.48 bits per heavy atom. The SMILES string of the molecule is Cl.Cl.O=C(Cc1cccc2cccnc12)N1CC[C@@H]2CNC[C@@H]2CC1. The molecule has 6 heteroatoms. The van der Waals surface area contributed by atoms with Gasteiger partial charge in [0.1, 0.15) is 0 Å². The van der Waals surface area contributed by atoms with Gasteiger partial charge in [0.2, 0.25) is 5.91 Å². The van der Waals surface area contributed by atoms with E-state index in [-0.39, 0.29) is 30.7 Å². The average Bonchev–Trinajstić information content (AvgIpc) is 2.93. The van der Waals surface area contributed by atoms with E-state index in [1.165, 1.54) is 0 Å². The molecule has 1 amide bonds. The lowest BCUT2D eigenvalue weighted by molar-refractivity contribution is -0.130. The van der Waals surface area contributed by atoms with Crippen molar-refractivity contribution in [3.05, 3.63) is 42.1 Å². The van der Waals surface area contributed by atoms with Gasteiger partial charge in [-0.3, -0.25) is 9.78 Å². The number of hydrogen-bond acceptors (Lipinski definition) is 3. The normalized spacial score (nSPS) is 22.5. The molecule has 4 nitrogen and oxygen atoms in total. The van der Waals surface area contributed by atoms with Crippen LogP contribution in [0.4, 0.5) is 0 Å². The maximum absolute atomic E-state index is 12.8. The van der Waals surface area contributed by atoms with E-state index in [2.05, 4.69) is 27.3 Å². The first kappa shape index (κ1) is 20.0. The topological polar surface area (TPSA) is 45.2 Å². The number of likely N-dealkylation sites (tertiary alicyclic amines) is 1. The summed E-state index contributed by atoms with van der Waals surface area (Å²) in [5, 5.41) is 4.59. The molecule has 0 spiro atoms. The van der Waals surface area contributed by atoms with Crippen molar-refractivity contribution in [2.24, 2.45) is 11.8 Å². The van der Waals surface area contributed by atoms with Crippen LogP contribution >= 0.6 is 24.8 Å². The molecular weight excluding hydrogens is 357 g/mol. The molecular formula is C19H25Cl2N3O. The lowest BCUT2D eigenvalue weighted by Crippen LogP contribution is -2.34. The molecule has 0 unspecified atom stereocenters. The second-order valence-electron chi connectivity index (χ2n) is 6.81. The van der Waals surface area contributed by atoms with E-state index in [1.807, 2.05) is 18.2 Å². The van der Waals surface area contributed by atoms with Gasteiger partial charge >= 0.3 is 0 Å². The highest BCUT2D eigenvalue weighted by atomic mass is 35.5. The number of carbonyl (C=O) groups excluding carboxylic acids is 1. The summed E-state index contributed by atoms with van der Waals surface area (Å²) in [6, 6.07) is 10.1. The van der Waals surface area contributed by atoms with Crippen molar-refractivity contribution >= 4 is 41.6 Å². The predicted octanol–water partition coefficient (Wildman–Crippen LogP) is 3.08. The van der Waals surface area contributed by atoms with Gasteiger partial charge in [0, 0.05) is 24.7 Å². The molecule has 1 aromatic heterocycles. The first-order valence-electron chi connectivity index (χ1n) is 8.62. The summed E-state index contributed by atoms with van der Waals surface area (Å²) >= 11 is 0. The Morgan fingerprint density at radius 2 is 1.76 bits per heavy atom. The summed E-state index contributed by atoms with van der Waals surface area (Å²) in [6.45, 7) is 4.06. The standard InChI is InChI=1S/C19H23N3O.2ClH/c23-18(22-9-6-16-12-20-13-17(16)7-10-22)11-15-4-1-3-14-5-2-8-21-19(14)15;;/h1-5,8,16-17,20H,6-7,9-13H2;2*1H/t16-,17+;;. The van der Waals surface area contributed by atoms with Gasteiger partial charge in [-0.2, -0.15) is 0 Å². The zero-order valence-electron chi connectivity index (χ0n) is 14.2. The highest BCUT2D eigenvalue weighted by Gasteiger charge is 2.31. The maximum atomic E-state index is 12.8. The minimum absolute atomic E-state index is 0. The van der Waals surface area contributed by atoms with E-state index in [4.69, 9.17) is 0 Å².